The minimum absolute atomic E-state index is 0.0484. The average molecular weight is 380 g/mol. The summed E-state index contributed by atoms with van der Waals surface area (Å²) in [7, 11) is 0. The first kappa shape index (κ1) is 23.1. The molecule has 2 amide bonds. The van der Waals surface area contributed by atoms with Crippen molar-refractivity contribution in [1.82, 2.24) is 10.6 Å². The summed E-state index contributed by atoms with van der Waals surface area (Å²) >= 11 is 0. The predicted molar refractivity (Wildman–Crippen MR) is 106 cm³/mol. The van der Waals surface area contributed by atoms with E-state index < -0.39 is 18.2 Å². The van der Waals surface area contributed by atoms with Gasteiger partial charge in [0.15, 0.2) is 0 Å². The molecule has 0 heterocycles. The average Bonchev–Trinajstić information content (AvgIpc) is 2.61. The number of anilines is 1. The van der Waals surface area contributed by atoms with Gasteiger partial charge >= 0.3 is 0 Å². The molecule has 0 saturated carbocycles. The van der Waals surface area contributed by atoms with Crippen LogP contribution in [0, 0.1) is 11.8 Å². The van der Waals surface area contributed by atoms with Crippen LogP contribution in [0.3, 0.4) is 0 Å². The van der Waals surface area contributed by atoms with Crippen molar-refractivity contribution < 1.29 is 19.8 Å². The summed E-state index contributed by atoms with van der Waals surface area (Å²) in [5.74, 6) is -0.392. The number of hydrogen-bond donors (Lipinski definition) is 5. The van der Waals surface area contributed by atoms with Crippen molar-refractivity contribution in [3.05, 3.63) is 30.3 Å². The second kappa shape index (κ2) is 11.7. The van der Waals surface area contributed by atoms with Gasteiger partial charge in [-0.1, -0.05) is 45.9 Å². The Morgan fingerprint density at radius 1 is 1.04 bits per heavy atom. The molecule has 0 aliphatic rings. The van der Waals surface area contributed by atoms with Crippen molar-refractivity contribution in [3.63, 3.8) is 0 Å². The molecule has 0 bridgehead atoms. The van der Waals surface area contributed by atoms with Crippen LogP contribution >= 0.6 is 0 Å². The van der Waals surface area contributed by atoms with E-state index in [1.807, 2.05) is 45.9 Å². The highest BCUT2D eigenvalue weighted by Crippen LogP contribution is 2.11. The lowest BCUT2D eigenvalue weighted by Gasteiger charge is -2.26. The Balaban J connectivity index is 2.80. The summed E-state index contributed by atoms with van der Waals surface area (Å²) in [5.41, 5.74) is 0.676. The van der Waals surface area contributed by atoms with Crippen LogP contribution in [0.2, 0.25) is 0 Å². The minimum Gasteiger partial charge on any atom is -0.394 e. The van der Waals surface area contributed by atoms with Crippen LogP contribution in [0.25, 0.3) is 0 Å². The number of carbonyl (C=O) groups excluding carboxylic acids is 2. The molecule has 7 heteroatoms. The highest BCUT2D eigenvalue weighted by molar-refractivity contribution is 5.97. The van der Waals surface area contributed by atoms with Crippen molar-refractivity contribution >= 4 is 17.5 Å². The second-order valence-electron chi connectivity index (χ2n) is 7.51. The first-order valence-corrected chi connectivity index (χ1v) is 9.43. The molecule has 1 unspecified atom stereocenters. The van der Waals surface area contributed by atoms with Gasteiger partial charge in [-0.05, 0) is 30.4 Å². The Morgan fingerprint density at radius 2 is 1.67 bits per heavy atom. The molecule has 1 rings (SSSR count). The van der Waals surface area contributed by atoms with E-state index in [2.05, 4.69) is 16.0 Å². The number of rotatable bonds is 11. The molecular weight excluding hydrogens is 346 g/mol. The summed E-state index contributed by atoms with van der Waals surface area (Å²) in [5, 5.41) is 27.1. The summed E-state index contributed by atoms with van der Waals surface area (Å²) in [6, 6.07) is 7.87. The standard InChI is InChI=1S/C20H33N3O4/c1-13(2)10-17(19(26)22-15-8-6-5-7-9-15)23-20(27)18(14(3)4)21-11-16(25)12-24/h5-9,13-14,16-18,21,24-25H,10-12H2,1-4H3,(H,22,26)(H,23,27)/t16?,17-,18-/m0/s1. The Labute approximate surface area is 161 Å². The molecule has 0 aromatic heterocycles. The largest absolute Gasteiger partial charge is 0.394 e. The molecular formula is C20H33N3O4. The number of hydrogen-bond acceptors (Lipinski definition) is 5. The molecule has 5 N–H and O–H groups in total. The maximum absolute atomic E-state index is 12.7. The minimum atomic E-state index is -0.938. The van der Waals surface area contributed by atoms with Gasteiger partial charge in [0.25, 0.3) is 0 Å². The molecule has 0 fully saturated rings. The fourth-order valence-corrected chi connectivity index (χ4v) is 2.67. The van der Waals surface area contributed by atoms with Gasteiger partial charge in [-0.3, -0.25) is 9.59 Å². The van der Waals surface area contributed by atoms with Crippen LogP contribution in [-0.2, 0) is 9.59 Å². The zero-order chi connectivity index (χ0) is 20.4. The van der Waals surface area contributed by atoms with E-state index in [9.17, 15) is 14.7 Å². The molecule has 0 aliphatic heterocycles. The number of benzene rings is 1. The van der Waals surface area contributed by atoms with E-state index in [0.29, 0.717) is 12.1 Å². The lowest BCUT2D eigenvalue weighted by atomic mass is 9.99. The van der Waals surface area contributed by atoms with Gasteiger partial charge < -0.3 is 26.2 Å². The normalized spacial score (nSPS) is 14.7. The van der Waals surface area contributed by atoms with E-state index in [1.54, 1.807) is 12.1 Å². The van der Waals surface area contributed by atoms with Gasteiger partial charge in [0.05, 0.1) is 18.8 Å². The molecule has 0 radical (unpaired) electrons. The zero-order valence-corrected chi connectivity index (χ0v) is 16.6. The van der Waals surface area contributed by atoms with Gasteiger partial charge in [-0.2, -0.15) is 0 Å². The third-order valence-electron chi connectivity index (χ3n) is 4.11. The summed E-state index contributed by atoms with van der Waals surface area (Å²) in [4.78, 5) is 25.4. The topological polar surface area (TPSA) is 111 Å². The Morgan fingerprint density at radius 3 is 2.19 bits per heavy atom. The maximum atomic E-state index is 12.7. The number of amides is 2. The monoisotopic (exact) mass is 379 g/mol. The quantitative estimate of drug-likeness (QED) is 0.396. The SMILES string of the molecule is CC(C)C[C@H](NC(=O)[C@@H](NCC(O)CO)C(C)C)C(=O)Nc1ccccc1. The molecule has 0 spiro atoms. The Hall–Kier alpha value is -1.96. The molecule has 3 atom stereocenters. The predicted octanol–water partition coefficient (Wildman–Crippen LogP) is 1.12. The van der Waals surface area contributed by atoms with E-state index in [-0.39, 0.29) is 36.8 Å². The highest BCUT2D eigenvalue weighted by Gasteiger charge is 2.28. The van der Waals surface area contributed by atoms with Crippen LogP contribution in [-0.4, -0.2) is 53.4 Å². The van der Waals surface area contributed by atoms with Crippen molar-refractivity contribution in [1.29, 1.82) is 0 Å². The first-order chi connectivity index (χ1) is 12.7. The molecule has 7 nitrogen and oxygen atoms in total. The summed E-state index contributed by atoms with van der Waals surface area (Å²) in [6.07, 6.45) is -0.430. The highest BCUT2D eigenvalue weighted by atomic mass is 16.3. The third kappa shape index (κ3) is 8.51. The Bertz CT molecular complexity index is 578. The number of para-hydroxylation sites is 1. The van der Waals surface area contributed by atoms with E-state index in [1.165, 1.54) is 0 Å². The van der Waals surface area contributed by atoms with E-state index in [4.69, 9.17) is 5.11 Å². The van der Waals surface area contributed by atoms with Gasteiger partial charge in [0.1, 0.15) is 6.04 Å². The van der Waals surface area contributed by atoms with Crippen LogP contribution in [0.1, 0.15) is 34.1 Å². The van der Waals surface area contributed by atoms with Crippen molar-refractivity contribution in [2.75, 3.05) is 18.5 Å². The zero-order valence-electron chi connectivity index (χ0n) is 16.6. The van der Waals surface area contributed by atoms with E-state index in [0.717, 1.165) is 0 Å². The molecule has 152 valence electrons. The van der Waals surface area contributed by atoms with Gasteiger partial charge in [-0.15, -0.1) is 0 Å². The maximum Gasteiger partial charge on any atom is 0.246 e. The first-order valence-electron chi connectivity index (χ1n) is 9.43. The molecule has 0 aliphatic carbocycles. The lowest BCUT2D eigenvalue weighted by Crippen LogP contribution is -2.54. The smallest absolute Gasteiger partial charge is 0.246 e. The van der Waals surface area contributed by atoms with Crippen LogP contribution in [0.15, 0.2) is 30.3 Å². The van der Waals surface area contributed by atoms with Gasteiger partial charge in [0.2, 0.25) is 11.8 Å². The third-order valence-corrected chi connectivity index (χ3v) is 4.11. The van der Waals surface area contributed by atoms with Crippen molar-refractivity contribution in [2.24, 2.45) is 11.8 Å². The number of aliphatic hydroxyl groups excluding tert-OH is 2. The summed E-state index contributed by atoms with van der Waals surface area (Å²) < 4.78 is 0. The molecule has 1 aromatic rings. The molecule has 0 saturated heterocycles. The number of carbonyl (C=O) groups is 2. The summed E-state index contributed by atoms with van der Waals surface area (Å²) in [6.45, 7) is 7.45. The Kier molecular flexibility index (Phi) is 9.99. The van der Waals surface area contributed by atoms with Crippen molar-refractivity contribution in [3.8, 4) is 0 Å². The van der Waals surface area contributed by atoms with Gasteiger partial charge in [0, 0.05) is 12.2 Å². The fourth-order valence-electron chi connectivity index (χ4n) is 2.67. The van der Waals surface area contributed by atoms with Crippen LogP contribution in [0.4, 0.5) is 5.69 Å². The second-order valence-corrected chi connectivity index (χ2v) is 7.51. The van der Waals surface area contributed by atoms with Crippen molar-refractivity contribution in [2.45, 2.75) is 52.3 Å². The fraction of sp³-hybridized carbons (Fsp3) is 0.600. The van der Waals surface area contributed by atoms with Crippen LogP contribution < -0.4 is 16.0 Å². The molecule has 1 aromatic carbocycles. The van der Waals surface area contributed by atoms with Gasteiger partial charge in [-0.25, -0.2) is 0 Å². The lowest BCUT2D eigenvalue weighted by molar-refractivity contribution is -0.129. The molecule has 27 heavy (non-hydrogen) atoms. The van der Waals surface area contributed by atoms with Crippen LogP contribution in [0.5, 0.6) is 0 Å². The number of nitrogens with one attached hydrogen (secondary N) is 3. The number of aliphatic hydroxyl groups is 2. The van der Waals surface area contributed by atoms with E-state index >= 15 is 0 Å².